The summed E-state index contributed by atoms with van der Waals surface area (Å²) in [6.07, 6.45) is 2.49. The van der Waals surface area contributed by atoms with Crippen molar-refractivity contribution >= 4 is 56.9 Å². The fraction of sp³-hybridized carbons (Fsp3) is 0.188. The number of ether oxygens (including phenoxy) is 3. The fourth-order valence-corrected chi connectivity index (χ4v) is 3.20. The van der Waals surface area contributed by atoms with E-state index in [1.54, 1.807) is 12.1 Å². The maximum Gasteiger partial charge on any atom is 0.331 e. The number of halogens is 1. The van der Waals surface area contributed by atoms with Crippen molar-refractivity contribution in [2.24, 2.45) is 15.9 Å². The van der Waals surface area contributed by atoms with Crippen molar-refractivity contribution in [3.8, 4) is 11.5 Å². The van der Waals surface area contributed by atoms with Crippen molar-refractivity contribution in [3.63, 3.8) is 0 Å². The van der Waals surface area contributed by atoms with Gasteiger partial charge in [-0.15, -0.1) is 5.10 Å². The Bertz CT molecular complexity index is 899. The summed E-state index contributed by atoms with van der Waals surface area (Å²) in [7, 11) is 2.66. The Balaban J connectivity index is 2.14. The number of carbonyl (C=O) groups excluding carboxylic acids is 3. The van der Waals surface area contributed by atoms with Gasteiger partial charge in [-0.3, -0.25) is 14.9 Å². The number of nitrogens with zero attached hydrogens (tertiary/aromatic N) is 2. The number of nitrogens with two attached hydrogens (primary N) is 1. The predicted octanol–water partition coefficient (Wildman–Crippen LogP) is 0.932. The summed E-state index contributed by atoms with van der Waals surface area (Å²) in [4.78, 5) is 34.0. The first-order valence-electron chi connectivity index (χ1n) is 7.52. The van der Waals surface area contributed by atoms with Crippen LogP contribution in [0.1, 0.15) is 5.56 Å². The molecule has 3 N–H and O–H groups in total. The van der Waals surface area contributed by atoms with Crippen LogP contribution in [-0.4, -0.2) is 50.0 Å². The van der Waals surface area contributed by atoms with Crippen molar-refractivity contribution < 1.29 is 28.6 Å². The number of thioether (sulfide) groups is 1. The van der Waals surface area contributed by atoms with Crippen LogP contribution < -0.4 is 20.5 Å². The van der Waals surface area contributed by atoms with Gasteiger partial charge in [-0.05, 0) is 45.4 Å². The van der Waals surface area contributed by atoms with Crippen LogP contribution in [0.3, 0.4) is 0 Å². The molecule has 0 aromatic heterocycles. The monoisotopic (exact) mass is 470 g/mol. The number of carbonyl (C=O) groups is 3. The molecular formula is C16H15BrN4O6S. The quantitative estimate of drug-likeness (QED) is 0.261. The summed E-state index contributed by atoms with van der Waals surface area (Å²) in [5, 5.41) is 10.5. The van der Waals surface area contributed by atoms with E-state index in [4.69, 9.17) is 15.2 Å². The second kappa shape index (κ2) is 9.90. The maximum absolute atomic E-state index is 11.7. The molecule has 1 aromatic rings. The minimum absolute atomic E-state index is 0.154. The van der Waals surface area contributed by atoms with Gasteiger partial charge >= 0.3 is 5.97 Å². The Morgan fingerprint density at radius 2 is 2.11 bits per heavy atom. The van der Waals surface area contributed by atoms with Crippen molar-refractivity contribution in [3.05, 3.63) is 33.2 Å². The van der Waals surface area contributed by atoms with E-state index >= 15 is 0 Å². The van der Waals surface area contributed by atoms with Crippen LogP contribution in [0, 0.1) is 0 Å². The molecule has 1 heterocycles. The van der Waals surface area contributed by atoms with Crippen LogP contribution in [0.5, 0.6) is 11.5 Å². The molecule has 1 aromatic carbocycles. The number of benzene rings is 1. The highest BCUT2D eigenvalue weighted by Crippen LogP contribution is 2.36. The molecule has 1 aliphatic rings. The van der Waals surface area contributed by atoms with Crippen LogP contribution in [-0.2, 0) is 19.1 Å². The van der Waals surface area contributed by atoms with Gasteiger partial charge < -0.3 is 19.9 Å². The lowest BCUT2D eigenvalue weighted by molar-refractivity contribution is -0.135. The van der Waals surface area contributed by atoms with Gasteiger partial charge in [0.15, 0.2) is 23.3 Å². The lowest BCUT2D eigenvalue weighted by Gasteiger charge is -2.12. The lowest BCUT2D eigenvalue weighted by Crippen LogP contribution is -2.20. The van der Waals surface area contributed by atoms with Crippen molar-refractivity contribution in [2.45, 2.75) is 0 Å². The predicted molar refractivity (Wildman–Crippen MR) is 106 cm³/mol. The Labute approximate surface area is 172 Å². The Kier molecular flexibility index (Phi) is 7.58. The zero-order chi connectivity index (χ0) is 20.7. The number of esters is 1. The molecule has 1 aliphatic heterocycles. The first-order valence-corrected chi connectivity index (χ1v) is 9.13. The van der Waals surface area contributed by atoms with Crippen molar-refractivity contribution in [1.82, 2.24) is 5.32 Å². The molecule has 0 bridgehead atoms. The van der Waals surface area contributed by atoms with E-state index in [1.807, 2.05) is 0 Å². The molecule has 2 rings (SSSR count). The molecule has 0 saturated carbocycles. The molecule has 1 fully saturated rings. The van der Waals surface area contributed by atoms with Crippen molar-refractivity contribution in [1.29, 1.82) is 0 Å². The highest BCUT2D eigenvalue weighted by Gasteiger charge is 2.25. The standard InChI is InChI=1S/C16H15BrN4O6S/c1-25-10-4-8(3-9(17)14(10)27-7-12(18)22)6-19-21-16-20-15(24)11(28-16)5-13(23)26-2/h3-6H,7H2,1-2H3,(H2,18,22)(H,20,21,24)/b11-5+,19-6?. The summed E-state index contributed by atoms with van der Waals surface area (Å²) in [5.41, 5.74) is 5.68. The van der Waals surface area contributed by atoms with Crippen molar-refractivity contribution in [2.75, 3.05) is 20.8 Å². The third-order valence-corrected chi connectivity index (χ3v) is 4.56. The number of amidine groups is 1. The smallest absolute Gasteiger partial charge is 0.331 e. The highest BCUT2D eigenvalue weighted by molar-refractivity contribution is 9.10. The number of methoxy groups -OCH3 is 2. The van der Waals surface area contributed by atoms with Gasteiger partial charge in [-0.2, -0.15) is 5.10 Å². The van der Waals surface area contributed by atoms with E-state index in [0.717, 1.165) is 17.8 Å². The van der Waals surface area contributed by atoms with E-state index in [2.05, 4.69) is 36.2 Å². The van der Waals surface area contributed by atoms with Gasteiger partial charge in [0.25, 0.3) is 11.8 Å². The largest absolute Gasteiger partial charge is 0.493 e. The topological polar surface area (TPSA) is 142 Å². The van der Waals surface area contributed by atoms with Gasteiger partial charge in [0.2, 0.25) is 0 Å². The summed E-state index contributed by atoms with van der Waals surface area (Å²) in [6.45, 7) is -0.297. The molecule has 2 amide bonds. The second-order valence-corrected chi connectivity index (χ2v) is 6.91. The summed E-state index contributed by atoms with van der Waals surface area (Å²) < 4.78 is 15.5. The summed E-state index contributed by atoms with van der Waals surface area (Å²) in [6, 6.07) is 3.29. The van der Waals surface area contributed by atoms with E-state index in [0.29, 0.717) is 21.5 Å². The SMILES string of the molecule is COC(=O)/C=C1/S/C(=N\N=Cc2cc(Br)c(OCC(N)=O)c(OC)c2)NC1=O. The molecule has 0 aliphatic carbocycles. The van der Waals surface area contributed by atoms with Crippen LogP contribution in [0.4, 0.5) is 0 Å². The van der Waals surface area contributed by atoms with Crippen LogP contribution >= 0.6 is 27.7 Å². The van der Waals surface area contributed by atoms with Crippen LogP contribution in [0.25, 0.3) is 0 Å². The average molecular weight is 471 g/mol. The van der Waals surface area contributed by atoms with Gasteiger partial charge in [-0.1, -0.05) is 0 Å². The van der Waals surface area contributed by atoms with Gasteiger partial charge in [0.05, 0.1) is 29.8 Å². The molecule has 148 valence electrons. The molecule has 1 saturated heterocycles. The first kappa shape index (κ1) is 21.4. The third-order valence-electron chi connectivity index (χ3n) is 3.07. The number of hydrogen-bond donors (Lipinski definition) is 2. The number of primary amides is 1. The molecule has 0 spiro atoms. The van der Waals surface area contributed by atoms with Gasteiger partial charge in [0, 0.05) is 6.08 Å². The number of hydrogen-bond acceptors (Lipinski definition) is 9. The molecular weight excluding hydrogens is 456 g/mol. The molecule has 12 heteroatoms. The number of rotatable bonds is 7. The maximum atomic E-state index is 11.7. The van der Waals surface area contributed by atoms with Gasteiger partial charge in [-0.25, -0.2) is 4.79 Å². The van der Waals surface area contributed by atoms with Crippen LogP contribution in [0.15, 0.2) is 37.8 Å². The first-order chi connectivity index (χ1) is 13.3. The molecule has 0 unspecified atom stereocenters. The zero-order valence-electron chi connectivity index (χ0n) is 14.7. The van der Waals surface area contributed by atoms with E-state index in [9.17, 15) is 14.4 Å². The molecule has 28 heavy (non-hydrogen) atoms. The Hall–Kier alpha value is -2.86. The normalized spacial score (nSPS) is 16.5. The van der Waals surface area contributed by atoms with E-state index < -0.39 is 17.8 Å². The number of nitrogens with one attached hydrogen (secondary N) is 1. The lowest BCUT2D eigenvalue weighted by atomic mass is 10.2. The van der Waals surface area contributed by atoms with E-state index in [1.165, 1.54) is 20.4 Å². The summed E-state index contributed by atoms with van der Waals surface area (Å²) in [5.74, 6) is -1.05. The minimum Gasteiger partial charge on any atom is -0.493 e. The van der Waals surface area contributed by atoms with Gasteiger partial charge in [0.1, 0.15) is 0 Å². The highest BCUT2D eigenvalue weighted by atomic mass is 79.9. The Morgan fingerprint density at radius 3 is 2.75 bits per heavy atom. The molecule has 10 nitrogen and oxygen atoms in total. The fourth-order valence-electron chi connectivity index (χ4n) is 1.89. The van der Waals surface area contributed by atoms with E-state index in [-0.39, 0.29) is 16.7 Å². The molecule has 0 atom stereocenters. The number of amides is 2. The zero-order valence-corrected chi connectivity index (χ0v) is 17.1. The Morgan fingerprint density at radius 1 is 1.36 bits per heavy atom. The molecule has 0 radical (unpaired) electrons. The minimum atomic E-state index is -0.641. The van der Waals surface area contributed by atoms with Crippen LogP contribution in [0.2, 0.25) is 0 Å². The summed E-state index contributed by atoms with van der Waals surface area (Å²) >= 11 is 4.28. The third kappa shape index (κ3) is 5.82. The second-order valence-electron chi connectivity index (χ2n) is 5.03. The average Bonchev–Trinajstić information content (AvgIpc) is 2.99.